The molecule has 1 aromatic heterocycles. The fraction of sp³-hybridized carbons (Fsp3) is 0. The Morgan fingerprint density at radius 1 is 1.80 bits per heavy atom. The predicted molar refractivity (Wildman–Crippen MR) is 36.4 cm³/mol. The van der Waals surface area contributed by atoms with Crippen molar-refractivity contribution < 1.29 is 9.46 Å². The Hall–Kier alpha value is -1.11. The lowest BCUT2D eigenvalue weighted by Crippen LogP contribution is -1.61. The van der Waals surface area contributed by atoms with E-state index in [0.717, 1.165) is 0 Å². The first-order valence-electron chi connectivity index (χ1n) is 2.27. The summed E-state index contributed by atoms with van der Waals surface area (Å²) in [4.78, 5) is 7.67. The zero-order valence-corrected chi connectivity index (χ0v) is 5.98. The molecule has 0 saturated carbocycles. The molecule has 0 bridgehead atoms. The molecule has 0 aliphatic heterocycles. The first kappa shape index (κ1) is 8.89. The quantitative estimate of drug-likeness (QED) is 0.407. The third-order valence-electron chi connectivity index (χ3n) is 0.455. The number of terminal acetylenes is 1. The van der Waals surface area contributed by atoms with Crippen LogP contribution in [0.25, 0.3) is 0 Å². The van der Waals surface area contributed by atoms with Crippen LogP contribution in [0.5, 0.6) is 0 Å². The molecular formula is C4H6N3O2P. The summed E-state index contributed by atoms with van der Waals surface area (Å²) in [7, 11) is -2.60. The van der Waals surface area contributed by atoms with E-state index < -0.39 is 8.03 Å². The van der Waals surface area contributed by atoms with E-state index in [0.29, 0.717) is 0 Å². The van der Waals surface area contributed by atoms with E-state index in [4.69, 9.17) is 4.89 Å². The largest absolute Gasteiger partial charge is 0.338 e. The minimum Gasteiger partial charge on any atom is -0.338 e. The highest BCUT2D eigenvalue weighted by Gasteiger charge is 1.68. The topological polar surface area (TPSA) is 78.9 Å². The van der Waals surface area contributed by atoms with Gasteiger partial charge in [0.25, 0.3) is 8.03 Å². The maximum Gasteiger partial charge on any atom is 0.259 e. The summed E-state index contributed by atoms with van der Waals surface area (Å²) < 4.78 is 9.32. The summed E-state index contributed by atoms with van der Waals surface area (Å²) in [6, 6.07) is 0. The summed E-state index contributed by atoms with van der Waals surface area (Å²) in [5.41, 5.74) is 1.63. The molecule has 2 N–H and O–H groups in total. The van der Waals surface area contributed by atoms with Crippen LogP contribution < -0.4 is 0 Å². The van der Waals surface area contributed by atoms with Gasteiger partial charge in [-0.05, 0) is 5.66 Å². The van der Waals surface area contributed by atoms with Gasteiger partial charge in [0.05, 0.1) is 6.20 Å². The summed E-state index contributed by atoms with van der Waals surface area (Å²) in [6.07, 6.45) is 7.64. The molecule has 0 spiro atoms. The van der Waals surface area contributed by atoms with E-state index in [9.17, 15) is 4.57 Å². The second-order valence-electron chi connectivity index (χ2n) is 1.11. The Balaban J connectivity index is 0.000000162. The number of aromatic amines is 1. The molecule has 0 saturated heterocycles. The van der Waals surface area contributed by atoms with E-state index in [1.165, 1.54) is 0 Å². The summed E-state index contributed by atoms with van der Waals surface area (Å²) >= 11 is 0. The number of hydrogen-bond acceptors (Lipinski definition) is 3. The average molecular weight is 159 g/mol. The normalized spacial score (nSPS) is 10.4. The van der Waals surface area contributed by atoms with Crippen molar-refractivity contribution in [3.8, 4) is 12.1 Å². The van der Waals surface area contributed by atoms with Crippen LogP contribution in [0.4, 0.5) is 0 Å². The minimum absolute atomic E-state index is 1.58. The van der Waals surface area contributed by atoms with Gasteiger partial charge in [-0.25, -0.2) is 0 Å². The van der Waals surface area contributed by atoms with Crippen LogP contribution >= 0.6 is 8.03 Å². The molecule has 0 fully saturated rings. The number of rotatable bonds is 0. The van der Waals surface area contributed by atoms with Gasteiger partial charge in [-0.1, -0.05) is 5.21 Å². The van der Waals surface area contributed by atoms with Gasteiger partial charge in [0.1, 0.15) is 0 Å². The lowest BCUT2D eigenvalue weighted by molar-refractivity contribution is 0.514. The maximum absolute atomic E-state index is 9.32. The van der Waals surface area contributed by atoms with Gasteiger partial charge in [-0.15, -0.1) is 11.5 Å². The first-order valence-corrected chi connectivity index (χ1v) is 3.63. The molecule has 0 aliphatic rings. The third kappa shape index (κ3) is 6.89. The average Bonchev–Trinajstić information content (AvgIpc) is 2.43. The zero-order chi connectivity index (χ0) is 7.82. The van der Waals surface area contributed by atoms with Crippen LogP contribution in [-0.4, -0.2) is 20.3 Å². The Kier molecular flexibility index (Phi) is 5.35. The van der Waals surface area contributed by atoms with Gasteiger partial charge >= 0.3 is 0 Å². The van der Waals surface area contributed by atoms with E-state index in [-0.39, 0.29) is 0 Å². The number of nitrogens with one attached hydrogen (secondary N) is 1. The number of H-pyrrole nitrogens is 1. The number of nitrogens with zero attached hydrogens (tertiary/aromatic N) is 2. The highest BCUT2D eigenvalue weighted by atomic mass is 31.1. The fourth-order valence-corrected chi connectivity index (χ4v) is 0.167. The Bertz CT molecular complexity index is 198. The molecule has 1 heterocycles. The first-order chi connectivity index (χ1) is 4.77. The second-order valence-corrected chi connectivity index (χ2v) is 2.01. The Labute approximate surface area is 58.3 Å². The van der Waals surface area contributed by atoms with Crippen molar-refractivity contribution in [2.24, 2.45) is 0 Å². The molecule has 10 heavy (non-hydrogen) atoms. The van der Waals surface area contributed by atoms with Crippen LogP contribution in [-0.2, 0) is 4.57 Å². The number of aromatic nitrogens is 3. The molecule has 1 rings (SSSR count). The van der Waals surface area contributed by atoms with Crippen LogP contribution in [0.15, 0.2) is 12.4 Å². The molecule has 6 heteroatoms. The van der Waals surface area contributed by atoms with Crippen molar-refractivity contribution in [1.29, 1.82) is 0 Å². The lowest BCUT2D eigenvalue weighted by Gasteiger charge is -1.62. The Morgan fingerprint density at radius 3 is 2.50 bits per heavy atom. The summed E-state index contributed by atoms with van der Waals surface area (Å²) in [6.45, 7) is 0. The monoisotopic (exact) mass is 159 g/mol. The van der Waals surface area contributed by atoms with E-state index in [1.807, 2.05) is 0 Å². The molecule has 0 amide bonds. The van der Waals surface area contributed by atoms with Gasteiger partial charge in [0.15, 0.2) is 0 Å². The fourth-order valence-electron chi connectivity index (χ4n) is 0.167. The van der Waals surface area contributed by atoms with Crippen molar-refractivity contribution >= 4 is 8.03 Å². The standard InChI is InChI=1S/C2H3N3.C2H3O2P/c1-2-4-5-3-1;1-2-5(3)4/h1-2H,(H,3,4,5);1,5H,(H,3,4). The van der Waals surface area contributed by atoms with Crippen LogP contribution in [0.3, 0.4) is 0 Å². The highest BCUT2D eigenvalue weighted by Crippen LogP contribution is 2.05. The maximum atomic E-state index is 9.32. The van der Waals surface area contributed by atoms with Gasteiger partial charge in [-0.2, -0.15) is 0 Å². The smallest absolute Gasteiger partial charge is 0.259 e. The van der Waals surface area contributed by atoms with E-state index in [1.54, 1.807) is 18.1 Å². The minimum atomic E-state index is -2.60. The van der Waals surface area contributed by atoms with Gasteiger partial charge in [0.2, 0.25) is 0 Å². The summed E-state index contributed by atoms with van der Waals surface area (Å²) in [5.74, 6) is 0. The van der Waals surface area contributed by atoms with Gasteiger partial charge < -0.3 is 4.89 Å². The zero-order valence-electron chi connectivity index (χ0n) is 4.98. The predicted octanol–water partition coefficient (Wildman–Crippen LogP) is -0.151. The molecule has 1 aromatic rings. The molecule has 1 unspecified atom stereocenters. The molecule has 0 aliphatic carbocycles. The molecular weight excluding hydrogens is 153 g/mol. The Morgan fingerprint density at radius 2 is 2.40 bits per heavy atom. The molecule has 1 atom stereocenters. The van der Waals surface area contributed by atoms with Crippen LogP contribution in [0.1, 0.15) is 0 Å². The van der Waals surface area contributed by atoms with Crippen molar-refractivity contribution in [2.75, 3.05) is 0 Å². The molecule has 5 nitrogen and oxygen atoms in total. The van der Waals surface area contributed by atoms with Crippen molar-refractivity contribution in [1.82, 2.24) is 15.4 Å². The highest BCUT2D eigenvalue weighted by molar-refractivity contribution is 7.44. The van der Waals surface area contributed by atoms with Gasteiger partial charge in [0, 0.05) is 6.20 Å². The molecule has 54 valence electrons. The third-order valence-corrected chi connectivity index (χ3v) is 0.702. The summed E-state index contributed by atoms with van der Waals surface area (Å²) in [5, 5.41) is 9.26. The van der Waals surface area contributed by atoms with Crippen LogP contribution in [0, 0.1) is 12.1 Å². The second kappa shape index (κ2) is 6.02. The molecule has 0 aromatic carbocycles. The van der Waals surface area contributed by atoms with Crippen molar-refractivity contribution in [3.63, 3.8) is 0 Å². The van der Waals surface area contributed by atoms with Crippen molar-refractivity contribution in [2.45, 2.75) is 0 Å². The molecule has 0 radical (unpaired) electrons. The van der Waals surface area contributed by atoms with Crippen LogP contribution in [0.2, 0.25) is 0 Å². The van der Waals surface area contributed by atoms with E-state index in [2.05, 4.69) is 21.8 Å². The SMILES string of the molecule is C#C[PH](=O)O.c1c[nH]nn1. The van der Waals surface area contributed by atoms with E-state index >= 15 is 0 Å². The van der Waals surface area contributed by atoms with Crippen molar-refractivity contribution in [3.05, 3.63) is 12.4 Å². The number of hydrogen-bond donors (Lipinski definition) is 2. The lowest BCUT2D eigenvalue weighted by atomic mass is 11.0. The van der Waals surface area contributed by atoms with Gasteiger partial charge in [-0.3, -0.25) is 9.66 Å².